The largest absolute Gasteiger partial charge is 0.494 e. The van der Waals surface area contributed by atoms with E-state index in [0.717, 1.165) is 25.3 Å². The van der Waals surface area contributed by atoms with Gasteiger partial charge in [0.25, 0.3) is 0 Å². The van der Waals surface area contributed by atoms with Crippen molar-refractivity contribution in [1.29, 1.82) is 0 Å². The van der Waals surface area contributed by atoms with Crippen LogP contribution in [0.4, 0.5) is 0 Å². The molecule has 0 saturated heterocycles. The van der Waals surface area contributed by atoms with Crippen molar-refractivity contribution in [2.75, 3.05) is 13.2 Å². The van der Waals surface area contributed by atoms with Crippen LogP contribution in [0.25, 0.3) is 0 Å². The zero-order valence-electron chi connectivity index (χ0n) is 12.2. The van der Waals surface area contributed by atoms with Gasteiger partial charge in [-0.2, -0.15) is 0 Å². The van der Waals surface area contributed by atoms with E-state index in [1.807, 2.05) is 12.1 Å². The summed E-state index contributed by atoms with van der Waals surface area (Å²) >= 11 is 0. The monoisotopic (exact) mass is 265 g/mol. The number of rotatable bonds is 10. The maximum Gasteiger partial charge on any atom is 0.119 e. The highest BCUT2D eigenvalue weighted by Crippen LogP contribution is 2.13. The Balaban J connectivity index is 2.19. The third kappa shape index (κ3) is 7.85. The first-order valence-corrected chi connectivity index (χ1v) is 7.33. The van der Waals surface area contributed by atoms with Crippen LogP contribution in [0, 0.1) is 0 Å². The fourth-order valence-corrected chi connectivity index (χ4v) is 1.85. The lowest BCUT2D eigenvalue weighted by Gasteiger charge is -2.09. The normalized spacial score (nSPS) is 12.4. The van der Waals surface area contributed by atoms with Gasteiger partial charge in [-0.3, -0.25) is 0 Å². The summed E-state index contributed by atoms with van der Waals surface area (Å²) in [6.45, 7) is 6.20. The van der Waals surface area contributed by atoms with E-state index in [4.69, 9.17) is 9.84 Å². The molecule has 19 heavy (non-hydrogen) atoms. The molecule has 1 aromatic rings. The lowest BCUT2D eigenvalue weighted by Crippen LogP contribution is -2.23. The minimum atomic E-state index is -0.300. The molecule has 0 aliphatic carbocycles. The number of ether oxygens (including phenoxy) is 1. The average molecular weight is 265 g/mol. The van der Waals surface area contributed by atoms with Gasteiger partial charge in [0.05, 0.1) is 12.7 Å². The highest BCUT2D eigenvalue weighted by molar-refractivity contribution is 5.27. The van der Waals surface area contributed by atoms with Gasteiger partial charge in [-0.15, -0.1) is 0 Å². The van der Waals surface area contributed by atoms with E-state index in [2.05, 4.69) is 24.4 Å². The molecular weight excluding hydrogens is 238 g/mol. The van der Waals surface area contributed by atoms with Crippen molar-refractivity contribution in [2.24, 2.45) is 0 Å². The molecule has 1 atom stereocenters. The predicted molar refractivity (Wildman–Crippen MR) is 79.5 cm³/mol. The number of benzene rings is 1. The molecular formula is C16H27NO2. The fraction of sp³-hybridized carbons (Fsp3) is 0.625. The van der Waals surface area contributed by atoms with Crippen molar-refractivity contribution in [3.05, 3.63) is 29.8 Å². The van der Waals surface area contributed by atoms with Crippen molar-refractivity contribution in [2.45, 2.75) is 52.2 Å². The summed E-state index contributed by atoms with van der Waals surface area (Å²) in [6, 6.07) is 8.16. The van der Waals surface area contributed by atoms with Gasteiger partial charge in [0.15, 0.2) is 0 Å². The van der Waals surface area contributed by atoms with E-state index >= 15 is 0 Å². The van der Waals surface area contributed by atoms with Crippen molar-refractivity contribution >= 4 is 0 Å². The third-order valence-corrected chi connectivity index (χ3v) is 2.96. The first-order valence-electron chi connectivity index (χ1n) is 7.33. The summed E-state index contributed by atoms with van der Waals surface area (Å²) < 4.78 is 5.69. The van der Waals surface area contributed by atoms with Gasteiger partial charge in [-0.05, 0) is 31.0 Å². The van der Waals surface area contributed by atoms with E-state index in [9.17, 15) is 0 Å². The number of hydrogen-bond acceptors (Lipinski definition) is 3. The zero-order chi connectivity index (χ0) is 13.9. The van der Waals surface area contributed by atoms with Gasteiger partial charge < -0.3 is 15.2 Å². The van der Waals surface area contributed by atoms with Gasteiger partial charge in [-0.1, -0.05) is 38.3 Å². The standard InChI is InChI=1S/C16H27NO2/c1-3-4-5-6-11-19-16-9-7-15(8-10-16)13-17-12-14(2)18/h7-10,14,17-18H,3-6,11-13H2,1-2H3. The molecule has 108 valence electrons. The predicted octanol–water partition coefficient (Wildman–Crippen LogP) is 3.12. The molecule has 3 nitrogen and oxygen atoms in total. The summed E-state index contributed by atoms with van der Waals surface area (Å²) in [7, 11) is 0. The molecule has 1 aromatic carbocycles. The maximum absolute atomic E-state index is 9.15. The van der Waals surface area contributed by atoms with Crippen LogP contribution in [0.15, 0.2) is 24.3 Å². The maximum atomic E-state index is 9.15. The van der Waals surface area contributed by atoms with Crippen LogP contribution < -0.4 is 10.1 Å². The van der Waals surface area contributed by atoms with Gasteiger partial charge in [0.2, 0.25) is 0 Å². The van der Waals surface area contributed by atoms with E-state index in [1.165, 1.54) is 24.8 Å². The first-order chi connectivity index (χ1) is 9.22. The first kappa shape index (κ1) is 16.0. The topological polar surface area (TPSA) is 41.5 Å². The molecule has 1 unspecified atom stereocenters. The summed E-state index contributed by atoms with van der Waals surface area (Å²) in [5, 5.41) is 12.3. The Hall–Kier alpha value is -1.06. The molecule has 3 heteroatoms. The van der Waals surface area contributed by atoms with E-state index in [1.54, 1.807) is 6.92 Å². The van der Waals surface area contributed by atoms with E-state index in [0.29, 0.717) is 6.54 Å². The highest BCUT2D eigenvalue weighted by atomic mass is 16.5. The second-order valence-corrected chi connectivity index (χ2v) is 5.03. The Morgan fingerprint density at radius 1 is 1.16 bits per heavy atom. The smallest absolute Gasteiger partial charge is 0.119 e. The summed E-state index contributed by atoms with van der Waals surface area (Å²) in [6.07, 6.45) is 4.63. The summed E-state index contributed by atoms with van der Waals surface area (Å²) in [4.78, 5) is 0. The number of nitrogens with one attached hydrogen (secondary N) is 1. The van der Waals surface area contributed by atoms with E-state index < -0.39 is 0 Å². The fourth-order valence-electron chi connectivity index (χ4n) is 1.85. The Bertz CT molecular complexity index is 322. The number of aliphatic hydroxyl groups excluding tert-OH is 1. The van der Waals surface area contributed by atoms with Crippen LogP contribution in [0.3, 0.4) is 0 Å². The van der Waals surface area contributed by atoms with Gasteiger partial charge >= 0.3 is 0 Å². The molecule has 0 aliphatic heterocycles. The molecule has 0 saturated carbocycles. The van der Waals surface area contributed by atoms with Crippen molar-refractivity contribution in [1.82, 2.24) is 5.32 Å². The minimum absolute atomic E-state index is 0.300. The lowest BCUT2D eigenvalue weighted by molar-refractivity contribution is 0.191. The summed E-state index contributed by atoms with van der Waals surface area (Å²) in [5.41, 5.74) is 1.21. The Labute approximate surface area is 117 Å². The van der Waals surface area contributed by atoms with Gasteiger partial charge in [0.1, 0.15) is 5.75 Å². The molecule has 0 radical (unpaired) electrons. The molecule has 0 heterocycles. The quantitative estimate of drug-likeness (QED) is 0.639. The molecule has 0 aromatic heterocycles. The molecule has 0 aliphatic rings. The molecule has 2 N–H and O–H groups in total. The molecule has 1 rings (SSSR count). The lowest BCUT2D eigenvalue weighted by atomic mass is 10.2. The van der Waals surface area contributed by atoms with Crippen LogP contribution in [0.5, 0.6) is 5.75 Å². The number of hydrogen-bond donors (Lipinski definition) is 2. The van der Waals surface area contributed by atoms with Crippen LogP contribution in [-0.4, -0.2) is 24.4 Å². The van der Waals surface area contributed by atoms with Gasteiger partial charge in [0, 0.05) is 13.1 Å². The second kappa shape index (κ2) is 9.82. The number of unbranched alkanes of at least 4 members (excludes halogenated alkanes) is 3. The molecule has 0 bridgehead atoms. The van der Waals surface area contributed by atoms with Gasteiger partial charge in [-0.25, -0.2) is 0 Å². The Kier molecular flexibility index (Phi) is 8.26. The summed E-state index contributed by atoms with van der Waals surface area (Å²) in [5.74, 6) is 0.941. The van der Waals surface area contributed by atoms with Crippen molar-refractivity contribution in [3.63, 3.8) is 0 Å². The highest BCUT2D eigenvalue weighted by Gasteiger charge is 1.98. The Morgan fingerprint density at radius 2 is 1.89 bits per heavy atom. The van der Waals surface area contributed by atoms with Crippen LogP contribution in [0.2, 0.25) is 0 Å². The third-order valence-electron chi connectivity index (χ3n) is 2.96. The molecule has 0 fully saturated rings. The van der Waals surface area contributed by atoms with E-state index in [-0.39, 0.29) is 6.10 Å². The molecule has 0 amide bonds. The van der Waals surface area contributed by atoms with Crippen LogP contribution in [-0.2, 0) is 6.54 Å². The van der Waals surface area contributed by atoms with Crippen molar-refractivity contribution < 1.29 is 9.84 Å². The van der Waals surface area contributed by atoms with Crippen molar-refractivity contribution in [3.8, 4) is 5.75 Å². The number of aliphatic hydroxyl groups is 1. The Morgan fingerprint density at radius 3 is 2.53 bits per heavy atom. The molecule has 0 spiro atoms. The van der Waals surface area contributed by atoms with Crippen LogP contribution >= 0.6 is 0 Å². The van der Waals surface area contributed by atoms with Crippen LogP contribution in [0.1, 0.15) is 45.1 Å². The zero-order valence-corrected chi connectivity index (χ0v) is 12.2. The average Bonchev–Trinajstić information content (AvgIpc) is 2.40. The SMILES string of the molecule is CCCCCCOc1ccc(CNCC(C)O)cc1. The second-order valence-electron chi connectivity index (χ2n) is 5.03. The minimum Gasteiger partial charge on any atom is -0.494 e.